The van der Waals surface area contributed by atoms with E-state index in [0.29, 0.717) is 18.8 Å². The molecule has 2 rings (SSSR count). The lowest BCUT2D eigenvalue weighted by atomic mass is 10.1. The number of rotatable bonds is 4. The van der Waals surface area contributed by atoms with Crippen LogP contribution in [0.4, 0.5) is 0 Å². The van der Waals surface area contributed by atoms with E-state index in [2.05, 4.69) is 37.0 Å². The fourth-order valence-corrected chi connectivity index (χ4v) is 2.70. The van der Waals surface area contributed by atoms with Crippen molar-refractivity contribution < 1.29 is 4.79 Å². The molecule has 20 heavy (non-hydrogen) atoms. The van der Waals surface area contributed by atoms with Crippen molar-refractivity contribution in [2.24, 2.45) is 5.73 Å². The Bertz CT molecular complexity index is 621. The molecule has 0 aliphatic carbocycles. The molecule has 2 N–H and O–H groups in total. The van der Waals surface area contributed by atoms with Crippen LogP contribution in [0.1, 0.15) is 32.2 Å². The highest BCUT2D eigenvalue weighted by Crippen LogP contribution is 2.15. The van der Waals surface area contributed by atoms with E-state index in [9.17, 15) is 4.79 Å². The quantitative estimate of drug-likeness (QED) is 0.940. The highest BCUT2D eigenvalue weighted by atomic mass is 32.1. The summed E-state index contributed by atoms with van der Waals surface area (Å²) in [7, 11) is 1.79. The molecular formula is C15H19N3OS. The molecule has 0 aliphatic heterocycles. The Labute approximate surface area is 123 Å². The van der Waals surface area contributed by atoms with E-state index in [-0.39, 0.29) is 5.91 Å². The summed E-state index contributed by atoms with van der Waals surface area (Å²) >= 11 is 1.42. The topological polar surface area (TPSA) is 59.2 Å². The van der Waals surface area contributed by atoms with Gasteiger partial charge in [0.1, 0.15) is 10.7 Å². The Kier molecular flexibility index (Phi) is 4.52. The van der Waals surface area contributed by atoms with Gasteiger partial charge >= 0.3 is 0 Å². The van der Waals surface area contributed by atoms with Crippen LogP contribution in [0.15, 0.2) is 23.6 Å². The minimum absolute atomic E-state index is 0.0686. The number of nitrogens with two attached hydrogens (primary N) is 1. The predicted molar refractivity (Wildman–Crippen MR) is 81.7 cm³/mol. The van der Waals surface area contributed by atoms with Crippen LogP contribution < -0.4 is 5.73 Å². The lowest BCUT2D eigenvalue weighted by molar-refractivity contribution is 0.0779. The molecule has 0 spiro atoms. The lowest BCUT2D eigenvalue weighted by Gasteiger charge is -2.17. The van der Waals surface area contributed by atoms with Crippen LogP contribution in [-0.4, -0.2) is 22.8 Å². The zero-order valence-electron chi connectivity index (χ0n) is 12.0. The number of thiazole rings is 1. The van der Waals surface area contributed by atoms with Crippen molar-refractivity contribution in [2.75, 3.05) is 7.05 Å². The summed E-state index contributed by atoms with van der Waals surface area (Å²) in [5, 5.41) is 2.55. The molecule has 106 valence electrons. The smallest absolute Gasteiger partial charge is 0.273 e. The van der Waals surface area contributed by atoms with Gasteiger partial charge in [-0.1, -0.05) is 23.8 Å². The second kappa shape index (κ2) is 6.15. The summed E-state index contributed by atoms with van der Waals surface area (Å²) in [6.07, 6.45) is 0. The van der Waals surface area contributed by atoms with Gasteiger partial charge in [0.2, 0.25) is 0 Å². The minimum atomic E-state index is -0.0686. The van der Waals surface area contributed by atoms with Crippen molar-refractivity contribution in [1.82, 2.24) is 9.88 Å². The van der Waals surface area contributed by atoms with Gasteiger partial charge in [-0.25, -0.2) is 4.98 Å². The Balaban J connectivity index is 2.11. The fourth-order valence-electron chi connectivity index (χ4n) is 2.05. The van der Waals surface area contributed by atoms with Gasteiger partial charge in [0.05, 0.1) is 0 Å². The molecule has 0 radical (unpaired) electrons. The minimum Gasteiger partial charge on any atom is -0.336 e. The summed E-state index contributed by atoms with van der Waals surface area (Å²) in [5.41, 5.74) is 9.58. The number of hydrogen-bond donors (Lipinski definition) is 1. The molecule has 0 fully saturated rings. The number of carbonyl (C=O) groups is 1. The van der Waals surface area contributed by atoms with Gasteiger partial charge in [-0.15, -0.1) is 11.3 Å². The Hall–Kier alpha value is -1.72. The Morgan fingerprint density at radius 2 is 2.15 bits per heavy atom. The zero-order chi connectivity index (χ0) is 14.7. The number of nitrogens with zero attached hydrogens (tertiary/aromatic N) is 2. The average molecular weight is 289 g/mol. The summed E-state index contributed by atoms with van der Waals surface area (Å²) < 4.78 is 0. The van der Waals surface area contributed by atoms with Crippen LogP contribution in [0.5, 0.6) is 0 Å². The SMILES string of the molecule is Cc1ccc(CN(C)C(=O)c2csc(CN)n2)c(C)c1. The highest BCUT2D eigenvalue weighted by Gasteiger charge is 2.16. The van der Waals surface area contributed by atoms with Crippen LogP contribution in [0.25, 0.3) is 0 Å². The number of aromatic nitrogens is 1. The molecule has 0 unspecified atom stereocenters. The maximum atomic E-state index is 12.3. The fraction of sp³-hybridized carbons (Fsp3) is 0.333. The van der Waals surface area contributed by atoms with Gasteiger partial charge in [0, 0.05) is 25.5 Å². The van der Waals surface area contributed by atoms with Gasteiger partial charge < -0.3 is 10.6 Å². The van der Waals surface area contributed by atoms with E-state index in [1.54, 1.807) is 17.3 Å². The molecule has 4 nitrogen and oxygen atoms in total. The molecule has 1 heterocycles. The summed E-state index contributed by atoms with van der Waals surface area (Å²) in [4.78, 5) is 18.2. The average Bonchev–Trinajstić information content (AvgIpc) is 2.89. The van der Waals surface area contributed by atoms with Crippen molar-refractivity contribution in [3.63, 3.8) is 0 Å². The maximum Gasteiger partial charge on any atom is 0.273 e. The van der Waals surface area contributed by atoms with E-state index in [4.69, 9.17) is 5.73 Å². The number of amides is 1. The van der Waals surface area contributed by atoms with Gasteiger partial charge in [-0.2, -0.15) is 0 Å². The molecule has 5 heteroatoms. The monoisotopic (exact) mass is 289 g/mol. The van der Waals surface area contributed by atoms with Crippen molar-refractivity contribution in [2.45, 2.75) is 26.9 Å². The zero-order valence-corrected chi connectivity index (χ0v) is 12.8. The van der Waals surface area contributed by atoms with Crippen molar-refractivity contribution in [3.8, 4) is 0 Å². The number of aryl methyl sites for hydroxylation is 2. The van der Waals surface area contributed by atoms with E-state index < -0.39 is 0 Å². The molecule has 0 aliphatic rings. The first-order valence-corrected chi connectivity index (χ1v) is 7.35. The molecule has 2 aromatic rings. The van der Waals surface area contributed by atoms with Crippen molar-refractivity contribution in [3.05, 3.63) is 51.0 Å². The van der Waals surface area contributed by atoms with E-state index >= 15 is 0 Å². The molecule has 0 atom stereocenters. The van der Waals surface area contributed by atoms with E-state index in [0.717, 1.165) is 10.6 Å². The first kappa shape index (κ1) is 14.7. The number of benzene rings is 1. The third-order valence-corrected chi connectivity index (χ3v) is 4.07. The van der Waals surface area contributed by atoms with Crippen LogP contribution in [-0.2, 0) is 13.1 Å². The van der Waals surface area contributed by atoms with Gasteiger partial charge in [0.25, 0.3) is 5.91 Å². The van der Waals surface area contributed by atoms with E-state index in [1.807, 2.05) is 0 Å². The van der Waals surface area contributed by atoms with Crippen LogP contribution in [0.2, 0.25) is 0 Å². The molecule has 1 aromatic carbocycles. The standard InChI is InChI=1S/C15H19N3OS/c1-10-4-5-12(11(2)6-10)8-18(3)15(19)13-9-20-14(7-16)17-13/h4-6,9H,7-8,16H2,1-3H3. The van der Waals surface area contributed by atoms with Crippen LogP contribution >= 0.6 is 11.3 Å². The van der Waals surface area contributed by atoms with Crippen molar-refractivity contribution in [1.29, 1.82) is 0 Å². The molecule has 0 bridgehead atoms. The highest BCUT2D eigenvalue weighted by molar-refractivity contribution is 7.09. The third kappa shape index (κ3) is 3.23. The molecule has 1 amide bonds. The second-order valence-corrected chi connectivity index (χ2v) is 5.86. The molecule has 0 saturated heterocycles. The Morgan fingerprint density at radius 1 is 1.40 bits per heavy atom. The van der Waals surface area contributed by atoms with E-state index in [1.165, 1.54) is 22.5 Å². The molecule has 0 saturated carbocycles. The molecular weight excluding hydrogens is 270 g/mol. The van der Waals surface area contributed by atoms with Gasteiger partial charge in [0.15, 0.2) is 0 Å². The summed E-state index contributed by atoms with van der Waals surface area (Å²) in [5.74, 6) is -0.0686. The maximum absolute atomic E-state index is 12.3. The summed E-state index contributed by atoms with van der Waals surface area (Å²) in [6, 6.07) is 6.26. The first-order chi connectivity index (χ1) is 9.51. The normalized spacial score (nSPS) is 10.6. The first-order valence-electron chi connectivity index (χ1n) is 6.47. The third-order valence-electron chi connectivity index (χ3n) is 3.20. The largest absolute Gasteiger partial charge is 0.336 e. The predicted octanol–water partition coefficient (Wildman–Crippen LogP) is 2.49. The van der Waals surface area contributed by atoms with Crippen molar-refractivity contribution >= 4 is 17.2 Å². The summed E-state index contributed by atoms with van der Waals surface area (Å²) in [6.45, 7) is 5.09. The van der Waals surface area contributed by atoms with Crippen LogP contribution in [0, 0.1) is 13.8 Å². The van der Waals surface area contributed by atoms with Crippen LogP contribution in [0.3, 0.4) is 0 Å². The second-order valence-electron chi connectivity index (χ2n) is 4.92. The number of carbonyl (C=O) groups excluding carboxylic acids is 1. The van der Waals surface area contributed by atoms with Gasteiger partial charge in [-0.3, -0.25) is 4.79 Å². The molecule has 1 aromatic heterocycles. The number of hydrogen-bond acceptors (Lipinski definition) is 4. The lowest BCUT2D eigenvalue weighted by Crippen LogP contribution is -2.26. The Morgan fingerprint density at radius 3 is 2.75 bits per heavy atom. The van der Waals surface area contributed by atoms with Gasteiger partial charge in [-0.05, 0) is 25.0 Å².